The van der Waals surface area contributed by atoms with Crippen LogP contribution in [0.5, 0.6) is 0 Å². The Morgan fingerprint density at radius 1 is 1.20 bits per heavy atom. The van der Waals surface area contributed by atoms with Crippen molar-refractivity contribution in [3.05, 3.63) is 65.5 Å². The molecule has 2 aromatic rings. The van der Waals surface area contributed by atoms with Crippen molar-refractivity contribution < 1.29 is 4.79 Å². The Kier molecular flexibility index (Phi) is 5.49. The molecule has 1 aliphatic rings. The Balaban J connectivity index is 1.69. The molecule has 0 bridgehead atoms. The highest BCUT2D eigenvalue weighted by Gasteiger charge is 2.45. The van der Waals surface area contributed by atoms with Crippen LogP contribution in [-0.4, -0.2) is 47.9 Å². The van der Waals surface area contributed by atoms with E-state index in [9.17, 15) is 4.79 Å². The molecule has 132 valence electrons. The summed E-state index contributed by atoms with van der Waals surface area (Å²) in [5.41, 5.74) is 3.64. The standard InChI is InChI=1S/C21H27N3O/c1-16-6-4-8-18(12-16)19-13-20(19)21(25)24(11-10-23(2)3)15-17-7-5-9-22-14-17/h4-9,12,14,19-20H,10-11,13,15H2,1-3H3. The van der Waals surface area contributed by atoms with Crippen LogP contribution in [0.4, 0.5) is 0 Å². The Morgan fingerprint density at radius 2 is 2.04 bits per heavy atom. The molecule has 1 aromatic carbocycles. The first-order valence-electron chi connectivity index (χ1n) is 8.93. The third-order valence-corrected chi connectivity index (χ3v) is 4.80. The first-order valence-corrected chi connectivity index (χ1v) is 8.93. The molecule has 0 aliphatic heterocycles. The van der Waals surface area contributed by atoms with E-state index in [0.717, 1.165) is 25.1 Å². The molecule has 1 aromatic heterocycles. The van der Waals surface area contributed by atoms with Gasteiger partial charge in [-0.25, -0.2) is 0 Å². The summed E-state index contributed by atoms with van der Waals surface area (Å²) in [5.74, 6) is 0.779. The molecule has 1 saturated carbocycles. The topological polar surface area (TPSA) is 36.4 Å². The maximum atomic E-state index is 13.1. The zero-order valence-corrected chi connectivity index (χ0v) is 15.4. The molecule has 0 N–H and O–H groups in total. The number of rotatable bonds is 7. The summed E-state index contributed by atoms with van der Waals surface area (Å²) < 4.78 is 0. The summed E-state index contributed by atoms with van der Waals surface area (Å²) in [6.45, 7) is 4.36. The molecule has 2 atom stereocenters. The van der Waals surface area contributed by atoms with E-state index in [4.69, 9.17) is 0 Å². The number of carbonyl (C=O) groups excluding carboxylic acids is 1. The molecule has 0 spiro atoms. The fourth-order valence-electron chi connectivity index (χ4n) is 3.27. The number of aryl methyl sites for hydroxylation is 1. The lowest BCUT2D eigenvalue weighted by molar-refractivity contribution is -0.133. The van der Waals surface area contributed by atoms with Gasteiger partial charge in [-0.05, 0) is 50.6 Å². The van der Waals surface area contributed by atoms with Crippen molar-refractivity contribution in [1.29, 1.82) is 0 Å². The largest absolute Gasteiger partial charge is 0.337 e. The summed E-state index contributed by atoms with van der Waals surface area (Å²) in [6.07, 6.45) is 4.58. The number of amides is 1. The molecule has 1 amide bonds. The second-order valence-corrected chi connectivity index (χ2v) is 7.29. The van der Waals surface area contributed by atoms with Gasteiger partial charge in [0.25, 0.3) is 0 Å². The molecule has 4 nitrogen and oxygen atoms in total. The van der Waals surface area contributed by atoms with Crippen molar-refractivity contribution in [3.8, 4) is 0 Å². The van der Waals surface area contributed by atoms with Crippen LogP contribution in [0.15, 0.2) is 48.8 Å². The van der Waals surface area contributed by atoms with E-state index in [1.807, 2.05) is 37.3 Å². The van der Waals surface area contributed by atoms with Crippen molar-refractivity contribution >= 4 is 5.91 Å². The first-order chi connectivity index (χ1) is 12.0. The van der Waals surface area contributed by atoms with Gasteiger partial charge in [-0.1, -0.05) is 35.9 Å². The van der Waals surface area contributed by atoms with Crippen molar-refractivity contribution in [2.75, 3.05) is 27.2 Å². The van der Waals surface area contributed by atoms with Crippen LogP contribution in [-0.2, 0) is 11.3 Å². The van der Waals surface area contributed by atoms with E-state index in [-0.39, 0.29) is 11.8 Å². The second-order valence-electron chi connectivity index (χ2n) is 7.29. The predicted molar refractivity (Wildman–Crippen MR) is 100 cm³/mol. The highest BCUT2D eigenvalue weighted by atomic mass is 16.2. The molecule has 4 heteroatoms. The second kappa shape index (κ2) is 7.79. The molecule has 2 unspecified atom stereocenters. The van der Waals surface area contributed by atoms with Gasteiger partial charge >= 0.3 is 0 Å². The first kappa shape index (κ1) is 17.6. The fraction of sp³-hybridized carbons (Fsp3) is 0.429. The van der Waals surface area contributed by atoms with E-state index in [1.165, 1.54) is 11.1 Å². The number of hydrogen-bond donors (Lipinski definition) is 0. The number of nitrogens with zero attached hydrogens (tertiary/aromatic N) is 3. The Hall–Kier alpha value is -2.20. The third-order valence-electron chi connectivity index (χ3n) is 4.80. The lowest BCUT2D eigenvalue weighted by Gasteiger charge is -2.25. The highest BCUT2D eigenvalue weighted by molar-refractivity contribution is 5.83. The normalized spacial score (nSPS) is 19.0. The van der Waals surface area contributed by atoms with Gasteiger partial charge in [0.1, 0.15) is 0 Å². The van der Waals surface area contributed by atoms with Gasteiger partial charge in [-0.3, -0.25) is 9.78 Å². The van der Waals surface area contributed by atoms with E-state index < -0.39 is 0 Å². The van der Waals surface area contributed by atoms with Gasteiger partial charge in [0.05, 0.1) is 0 Å². The van der Waals surface area contributed by atoms with E-state index >= 15 is 0 Å². The van der Waals surface area contributed by atoms with Gasteiger partial charge in [0, 0.05) is 37.9 Å². The molecule has 1 heterocycles. The minimum atomic E-state index is 0.126. The number of hydrogen-bond acceptors (Lipinski definition) is 3. The zero-order chi connectivity index (χ0) is 17.8. The molecule has 3 rings (SSSR count). The fourth-order valence-corrected chi connectivity index (χ4v) is 3.27. The molecular weight excluding hydrogens is 310 g/mol. The average Bonchev–Trinajstić information content (AvgIpc) is 3.39. The van der Waals surface area contributed by atoms with Crippen LogP contribution in [0.3, 0.4) is 0 Å². The van der Waals surface area contributed by atoms with Crippen LogP contribution < -0.4 is 0 Å². The molecule has 1 fully saturated rings. The van der Waals surface area contributed by atoms with Crippen LogP contribution in [0, 0.1) is 12.8 Å². The molecule has 0 radical (unpaired) electrons. The minimum absolute atomic E-state index is 0.126. The number of likely N-dealkylation sites (N-methyl/N-ethyl adjacent to an activating group) is 1. The van der Waals surface area contributed by atoms with Crippen molar-refractivity contribution in [2.24, 2.45) is 5.92 Å². The third kappa shape index (κ3) is 4.67. The van der Waals surface area contributed by atoms with E-state index in [0.29, 0.717) is 12.5 Å². The monoisotopic (exact) mass is 337 g/mol. The Labute approximate surface area is 150 Å². The maximum Gasteiger partial charge on any atom is 0.226 e. The number of pyridine rings is 1. The SMILES string of the molecule is Cc1cccc(C2CC2C(=O)N(CCN(C)C)Cc2cccnc2)c1. The lowest BCUT2D eigenvalue weighted by atomic mass is 10.1. The highest BCUT2D eigenvalue weighted by Crippen LogP contribution is 2.48. The summed E-state index contributed by atoms with van der Waals surface area (Å²) in [5, 5.41) is 0. The number of carbonyl (C=O) groups is 1. The van der Waals surface area contributed by atoms with Gasteiger partial charge < -0.3 is 9.80 Å². The molecule has 1 aliphatic carbocycles. The molecule has 0 saturated heterocycles. The van der Waals surface area contributed by atoms with Crippen molar-refractivity contribution in [1.82, 2.24) is 14.8 Å². The van der Waals surface area contributed by atoms with Crippen LogP contribution in [0.2, 0.25) is 0 Å². The quantitative estimate of drug-likeness (QED) is 0.779. The average molecular weight is 337 g/mol. The molecule has 25 heavy (non-hydrogen) atoms. The zero-order valence-electron chi connectivity index (χ0n) is 15.4. The lowest BCUT2D eigenvalue weighted by Crippen LogP contribution is -2.37. The summed E-state index contributed by atoms with van der Waals surface area (Å²) in [7, 11) is 4.08. The summed E-state index contributed by atoms with van der Waals surface area (Å²) >= 11 is 0. The van der Waals surface area contributed by atoms with Gasteiger partial charge in [0.15, 0.2) is 0 Å². The van der Waals surface area contributed by atoms with E-state index in [2.05, 4.69) is 41.1 Å². The summed E-state index contributed by atoms with van der Waals surface area (Å²) in [4.78, 5) is 21.4. The smallest absolute Gasteiger partial charge is 0.226 e. The molecular formula is C21H27N3O. The summed E-state index contributed by atoms with van der Waals surface area (Å²) in [6, 6.07) is 12.5. The Bertz CT molecular complexity index is 714. The number of aromatic nitrogens is 1. The van der Waals surface area contributed by atoms with Crippen molar-refractivity contribution in [2.45, 2.75) is 25.8 Å². The van der Waals surface area contributed by atoms with Gasteiger partial charge in [0.2, 0.25) is 5.91 Å². The van der Waals surface area contributed by atoms with Gasteiger partial charge in [-0.15, -0.1) is 0 Å². The van der Waals surface area contributed by atoms with Crippen molar-refractivity contribution in [3.63, 3.8) is 0 Å². The van der Waals surface area contributed by atoms with Crippen LogP contribution >= 0.6 is 0 Å². The maximum absolute atomic E-state index is 13.1. The minimum Gasteiger partial charge on any atom is -0.337 e. The Morgan fingerprint density at radius 3 is 2.72 bits per heavy atom. The van der Waals surface area contributed by atoms with Crippen LogP contribution in [0.1, 0.15) is 29.0 Å². The predicted octanol–water partition coefficient (Wildman–Crippen LogP) is 3.08. The number of benzene rings is 1. The van der Waals surface area contributed by atoms with Crippen LogP contribution in [0.25, 0.3) is 0 Å². The van der Waals surface area contributed by atoms with E-state index in [1.54, 1.807) is 6.20 Å². The van der Waals surface area contributed by atoms with Gasteiger partial charge in [-0.2, -0.15) is 0 Å².